The van der Waals surface area contributed by atoms with Crippen molar-refractivity contribution in [2.24, 2.45) is 7.05 Å². The highest BCUT2D eigenvalue weighted by atomic mass is 19.2. The van der Waals surface area contributed by atoms with Crippen LogP contribution in [-0.2, 0) is 13.5 Å². The number of aromatic nitrogens is 2. The molecule has 2 aromatic rings. The fourth-order valence-electron chi connectivity index (χ4n) is 2.27. The largest absolute Gasteiger partial charge is 0.481 e. The molecule has 2 rings (SSSR count). The zero-order valence-electron chi connectivity index (χ0n) is 11.5. The Labute approximate surface area is 115 Å². The number of ether oxygens (including phenoxy) is 1. The van der Waals surface area contributed by atoms with Crippen molar-refractivity contribution in [3.63, 3.8) is 0 Å². The summed E-state index contributed by atoms with van der Waals surface area (Å²) in [6.45, 7) is 1.76. The summed E-state index contributed by atoms with van der Waals surface area (Å²) < 4.78 is 32.8. The van der Waals surface area contributed by atoms with Crippen LogP contribution in [0.1, 0.15) is 22.9 Å². The monoisotopic (exact) mass is 282 g/mol. The number of aliphatic hydroxyl groups is 1. The summed E-state index contributed by atoms with van der Waals surface area (Å²) in [5.41, 5.74) is 1.70. The third kappa shape index (κ3) is 2.65. The van der Waals surface area contributed by atoms with E-state index in [4.69, 9.17) is 4.74 Å². The average Bonchev–Trinajstić information content (AvgIpc) is 2.68. The molecule has 4 nitrogen and oxygen atoms in total. The Morgan fingerprint density at radius 2 is 2.05 bits per heavy atom. The Morgan fingerprint density at radius 1 is 1.35 bits per heavy atom. The molecule has 20 heavy (non-hydrogen) atoms. The molecule has 1 unspecified atom stereocenters. The predicted octanol–water partition coefficient (Wildman–Crippen LogP) is 2.29. The Bertz CT molecular complexity index is 626. The van der Waals surface area contributed by atoms with Crippen molar-refractivity contribution < 1.29 is 18.6 Å². The fraction of sp³-hybridized carbons (Fsp3) is 0.357. The van der Waals surface area contributed by atoms with Gasteiger partial charge in [0, 0.05) is 13.5 Å². The van der Waals surface area contributed by atoms with Gasteiger partial charge in [-0.15, -0.1) is 0 Å². The topological polar surface area (TPSA) is 47.3 Å². The minimum atomic E-state index is -0.926. The van der Waals surface area contributed by atoms with Gasteiger partial charge in [0.2, 0.25) is 5.88 Å². The summed E-state index contributed by atoms with van der Waals surface area (Å²) in [7, 11) is 3.20. The van der Waals surface area contributed by atoms with Crippen LogP contribution in [0.4, 0.5) is 8.78 Å². The van der Waals surface area contributed by atoms with Crippen LogP contribution in [0.2, 0.25) is 0 Å². The van der Waals surface area contributed by atoms with E-state index in [9.17, 15) is 13.9 Å². The maximum absolute atomic E-state index is 13.2. The molecule has 0 saturated carbocycles. The van der Waals surface area contributed by atoms with Gasteiger partial charge in [-0.2, -0.15) is 5.10 Å². The number of hydrogen-bond donors (Lipinski definition) is 1. The quantitative estimate of drug-likeness (QED) is 0.936. The third-order valence-electron chi connectivity index (χ3n) is 3.15. The van der Waals surface area contributed by atoms with Crippen molar-refractivity contribution in [2.75, 3.05) is 7.11 Å². The first kappa shape index (κ1) is 14.5. The molecule has 0 saturated heterocycles. The van der Waals surface area contributed by atoms with E-state index in [-0.39, 0.29) is 6.42 Å². The van der Waals surface area contributed by atoms with Crippen molar-refractivity contribution in [1.29, 1.82) is 0 Å². The molecule has 0 aliphatic heterocycles. The van der Waals surface area contributed by atoms with Gasteiger partial charge in [0.05, 0.1) is 24.5 Å². The van der Waals surface area contributed by atoms with Gasteiger partial charge >= 0.3 is 0 Å². The Balaban J connectivity index is 2.28. The predicted molar refractivity (Wildman–Crippen MR) is 69.5 cm³/mol. The normalized spacial score (nSPS) is 12.5. The molecule has 1 N–H and O–H groups in total. The van der Waals surface area contributed by atoms with E-state index in [0.29, 0.717) is 22.7 Å². The molecular weight excluding hydrogens is 266 g/mol. The maximum Gasteiger partial charge on any atom is 0.217 e. The highest BCUT2D eigenvalue weighted by molar-refractivity contribution is 5.34. The second kappa shape index (κ2) is 5.58. The summed E-state index contributed by atoms with van der Waals surface area (Å²) >= 11 is 0. The first-order chi connectivity index (χ1) is 9.43. The molecule has 0 aliphatic carbocycles. The van der Waals surface area contributed by atoms with Gasteiger partial charge < -0.3 is 9.84 Å². The molecule has 0 bridgehead atoms. The van der Waals surface area contributed by atoms with Crippen LogP contribution in [-0.4, -0.2) is 22.0 Å². The van der Waals surface area contributed by atoms with Crippen molar-refractivity contribution in [3.05, 3.63) is 46.7 Å². The summed E-state index contributed by atoms with van der Waals surface area (Å²) in [5, 5.41) is 14.5. The molecule has 1 heterocycles. The van der Waals surface area contributed by atoms with Gasteiger partial charge in [-0.05, 0) is 24.6 Å². The van der Waals surface area contributed by atoms with Crippen LogP contribution < -0.4 is 4.74 Å². The van der Waals surface area contributed by atoms with Gasteiger partial charge in [0.25, 0.3) is 0 Å². The van der Waals surface area contributed by atoms with E-state index in [2.05, 4.69) is 5.10 Å². The fourth-order valence-corrected chi connectivity index (χ4v) is 2.27. The lowest BCUT2D eigenvalue weighted by molar-refractivity contribution is 0.172. The van der Waals surface area contributed by atoms with Crippen LogP contribution in [0.5, 0.6) is 5.88 Å². The Kier molecular flexibility index (Phi) is 4.04. The van der Waals surface area contributed by atoms with Gasteiger partial charge in [-0.25, -0.2) is 13.5 Å². The first-order valence-corrected chi connectivity index (χ1v) is 6.13. The molecule has 0 spiro atoms. The van der Waals surface area contributed by atoms with Crippen LogP contribution >= 0.6 is 0 Å². The molecule has 6 heteroatoms. The molecule has 0 amide bonds. The van der Waals surface area contributed by atoms with Crippen LogP contribution in [0.15, 0.2) is 18.2 Å². The molecule has 0 fully saturated rings. The zero-order valence-corrected chi connectivity index (χ0v) is 11.5. The van der Waals surface area contributed by atoms with E-state index in [1.807, 2.05) is 0 Å². The molecular formula is C14H16F2N2O2. The van der Waals surface area contributed by atoms with Crippen molar-refractivity contribution in [2.45, 2.75) is 19.4 Å². The summed E-state index contributed by atoms with van der Waals surface area (Å²) in [5.74, 6) is -1.37. The highest BCUT2D eigenvalue weighted by Crippen LogP contribution is 2.30. The summed E-state index contributed by atoms with van der Waals surface area (Å²) in [4.78, 5) is 0. The number of nitrogens with zero attached hydrogens (tertiary/aromatic N) is 2. The van der Waals surface area contributed by atoms with Crippen molar-refractivity contribution in [3.8, 4) is 5.88 Å². The maximum atomic E-state index is 13.2. The molecule has 1 aromatic heterocycles. The molecule has 108 valence electrons. The van der Waals surface area contributed by atoms with Crippen LogP contribution in [0.3, 0.4) is 0 Å². The standard InChI is InChI=1S/C14H16F2N2O2/c1-8-13(14(20-3)18(2)17-8)12(19)7-9-4-5-10(15)11(16)6-9/h4-6,12,19H,7H2,1-3H3. The number of hydrogen-bond acceptors (Lipinski definition) is 3. The molecule has 1 atom stereocenters. The van der Waals surface area contributed by atoms with Gasteiger partial charge in [0.1, 0.15) is 0 Å². The van der Waals surface area contributed by atoms with Gasteiger partial charge in [-0.1, -0.05) is 6.07 Å². The Morgan fingerprint density at radius 3 is 2.65 bits per heavy atom. The lowest BCUT2D eigenvalue weighted by atomic mass is 10.0. The van der Waals surface area contributed by atoms with Gasteiger partial charge in [0.15, 0.2) is 11.6 Å². The highest BCUT2D eigenvalue weighted by Gasteiger charge is 2.22. The minimum Gasteiger partial charge on any atom is -0.481 e. The SMILES string of the molecule is COc1c(C(O)Cc2ccc(F)c(F)c2)c(C)nn1C. The lowest BCUT2D eigenvalue weighted by Crippen LogP contribution is -2.05. The number of methoxy groups -OCH3 is 1. The number of aliphatic hydroxyl groups excluding tert-OH is 1. The van der Waals surface area contributed by atoms with E-state index < -0.39 is 17.7 Å². The second-order valence-corrected chi connectivity index (χ2v) is 4.60. The third-order valence-corrected chi connectivity index (χ3v) is 3.15. The smallest absolute Gasteiger partial charge is 0.217 e. The molecule has 0 aliphatic rings. The lowest BCUT2D eigenvalue weighted by Gasteiger charge is -2.12. The first-order valence-electron chi connectivity index (χ1n) is 6.13. The van der Waals surface area contributed by atoms with E-state index in [1.165, 1.54) is 17.9 Å². The molecule has 1 aromatic carbocycles. The number of aryl methyl sites for hydroxylation is 2. The van der Waals surface area contributed by atoms with Crippen LogP contribution in [0, 0.1) is 18.6 Å². The number of benzene rings is 1. The number of rotatable bonds is 4. The van der Waals surface area contributed by atoms with E-state index >= 15 is 0 Å². The minimum absolute atomic E-state index is 0.153. The van der Waals surface area contributed by atoms with Crippen LogP contribution in [0.25, 0.3) is 0 Å². The van der Waals surface area contributed by atoms with Gasteiger partial charge in [-0.3, -0.25) is 0 Å². The van der Waals surface area contributed by atoms with Crippen molar-refractivity contribution in [1.82, 2.24) is 9.78 Å². The van der Waals surface area contributed by atoms with E-state index in [0.717, 1.165) is 12.1 Å². The summed E-state index contributed by atoms with van der Waals surface area (Å²) in [6, 6.07) is 3.57. The number of halogens is 2. The second-order valence-electron chi connectivity index (χ2n) is 4.60. The zero-order chi connectivity index (χ0) is 14.9. The summed E-state index contributed by atoms with van der Waals surface area (Å²) in [6.07, 6.45) is -0.747. The van der Waals surface area contributed by atoms with Crippen molar-refractivity contribution >= 4 is 0 Å². The Hall–Kier alpha value is -1.95. The van der Waals surface area contributed by atoms with E-state index in [1.54, 1.807) is 14.0 Å². The molecule has 0 radical (unpaired) electrons. The average molecular weight is 282 g/mol.